The third kappa shape index (κ3) is 7.21. The highest BCUT2D eigenvalue weighted by Crippen LogP contribution is 2.44. The molecular formula is C37H46ClN5O4. The highest BCUT2D eigenvalue weighted by molar-refractivity contribution is 6.30. The predicted octanol–water partition coefficient (Wildman–Crippen LogP) is 5.98. The van der Waals surface area contributed by atoms with E-state index < -0.39 is 13.1 Å². The van der Waals surface area contributed by atoms with Gasteiger partial charge in [0, 0.05) is 44.8 Å². The molecule has 10 heteroatoms. The van der Waals surface area contributed by atoms with Crippen LogP contribution in [0.4, 0.5) is 11.5 Å². The van der Waals surface area contributed by atoms with Gasteiger partial charge in [-0.05, 0) is 98.5 Å². The van der Waals surface area contributed by atoms with Crippen LogP contribution in [0.3, 0.4) is 0 Å². The normalized spacial score (nSPS) is 23.2. The number of piperazine rings is 1. The van der Waals surface area contributed by atoms with E-state index in [0.29, 0.717) is 40.5 Å². The molecule has 1 aromatic heterocycles. The topological polar surface area (TPSA) is 78.5 Å². The van der Waals surface area contributed by atoms with E-state index in [2.05, 4.69) is 16.8 Å². The van der Waals surface area contributed by atoms with Crippen LogP contribution in [0.15, 0.2) is 54.7 Å². The molecule has 0 unspecified atom stereocenters. The number of methoxy groups -OCH3 is 1. The Labute approximate surface area is 287 Å². The molecule has 250 valence electrons. The van der Waals surface area contributed by atoms with Gasteiger partial charge in [-0.3, -0.25) is 19.4 Å². The van der Waals surface area contributed by atoms with Crippen LogP contribution in [-0.2, 0) is 16.0 Å². The number of hydrogen-bond acceptors (Lipinski definition) is 7. The maximum Gasteiger partial charge on any atom is 0.236 e. The molecule has 1 atom stereocenters. The molecule has 2 aromatic carbocycles. The van der Waals surface area contributed by atoms with Crippen molar-refractivity contribution in [1.82, 2.24) is 14.8 Å². The summed E-state index contributed by atoms with van der Waals surface area (Å²) in [6, 6.07) is 14.6. The lowest BCUT2D eigenvalue weighted by Crippen LogP contribution is -2.53. The van der Waals surface area contributed by atoms with Crippen molar-refractivity contribution in [2.75, 3.05) is 57.1 Å². The second kappa shape index (κ2) is 14.1. The largest absolute Gasteiger partial charge is 0.493 e. The fraction of sp³-hybridized carbons (Fsp3) is 0.486. The zero-order chi connectivity index (χ0) is 35.7. The minimum absolute atomic E-state index is 0.0470. The zero-order valence-electron chi connectivity index (χ0n) is 30.6. The van der Waals surface area contributed by atoms with E-state index in [1.807, 2.05) is 50.1 Å². The number of rotatable bonds is 9. The molecule has 2 fully saturated rings. The number of aromatic nitrogens is 1. The average molecular weight is 663 g/mol. The summed E-state index contributed by atoms with van der Waals surface area (Å²) in [6.45, 7) is 6.87. The van der Waals surface area contributed by atoms with Crippen molar-refractivity contribution in [3.05, 3.63) is 76.4 Å². The van der Waals surface area contributed by atoms with Gasteiger partial charge in [0.2, 0.25) is 11.8 Å². The molecule has 1 aliphatic carbocycles. The number of hydrogen-bond donors (Lipinski definition) is 0. The summed E-state index contributed by atoms with van der Waals surface area (Å²) >= 11 is 6.27. The Morgan fingerprint density at radius 1 is 1.02 bits per heavy atom. The monoisotopic (exact) mass is 662 g/mol. The van der Waals surface area contributed by atoms with Gasteiger partial charge >= 0.3 is 0 Å². The molecule has 1 saturated heterocycles. The summed E-state index contributed by atoms with van der Waals surface area (Å²) in [5, 5.41) is 0.574. The second-order valence-electron chi connectivity index (χ2n) is 13.4. The summed E-state index contributed by atoms with van der Waals surface area (Å²) in [6.07, 6.45) is 5.97. The van der Waals surface area contributed by atoms with Crippen molar-refractivity contribution in [2.45, 2.75) is 64.1 Å². The SMILES string of the molecule is [2H]C([2H])([2H])Oc1cc2c(cc1OC(C)C)[C@H](c1ccc(Cl)cc1)N(c1ccc(N(C)CC3CCC(N4CCN(C)C(=O)C4)CC3)nc1)C(=O)C2. The molecule has 3 heterocycles. The third-order valence-electron chi connectivity index (χ3n) is 9.78. The van der Waals surface area contributed by atoms with E-state index in [0.717, 1.165) is 62.3 Å². The zero-order valence-corrected chi connectivity index (χ0v) is 28.4. The standard InChI is InChI=1S/C37H46ClN5O4/c1-24(2)47-33-20-31-27(18-32(33)46-5)19-35(44)43(37(31)26-8-10-28(38)11-9-26)30-14-15-34(39-21-30)41(4)22-25-6-12-29(13-7-25)42-17-16-40(3)36(45)23-42/h8-11,14-15,18,20-21,24-25,29,37H,6-7,12-13,16-17,19,22-23H2,1-5H3/t25?,29?,37-/m0/s1/i5D3. The first-order chi connectivity index (χ1) is 23.8. The fourth-order valence-electron chi connectivity index (χ4n) is 7.26. The lowest BCUT2D eigenvalue weighted by Gasteiger charge is -2.41. The maximum atomic E-state index is 14.0. The Balaban J connectivity index is 1.22. The van der Waals surface area contributed by atoms with Crippen molar-refractivity contribution in [3.63, 3.8) is 0 Å². The van der Waals surface area contributed by atoms with Crippen molar-refractivity contribution < 1.29 is 23.2 Å². The summed E-state index contributed by atoms with van der Waals surface area (Å²) in [4.78, 5) is 39.1. The Kier molecular flexibility index (Phi) is 8.81. The first kappa shape index (κ1) is 29.3. The number of ether oxygens (including phenoxy) is 2. The lowest BCUT2D eigenvalue weighted by molar-refractivity contribution is -0.135. The van der Waals surface area contributed by atoms with Gasteiger partial charge in [-0.15, -0.1) is 0 Å². The van der Waals surface area contributed by atoms with Crippen LogP contribution < -0.4 is 19.3 Å². The molecule has 1 saturated carbocycles. The number of halogens is 1. The van der Waals surface area contributed by atoms with Gasteiger partial charge in [0.15, 0.2) is 11.5 Å². The highest BCUT2D eigenvalue weighted by Gasteiger charge is 2.37. The van der Waals surface area contributed by atoms with E-state index in [9.17, 15) is 9.59 Å². The van der Waals surface area contributed by atoms with Crippen molar-refractivity contribution in [2.24, 2.45) is 5.92 Å². The number of benzene rings is 2. The molecule has 3 aliphatic rings. The molecule has 0 bridgehead atoms. The summed E-state index contributed by atoms with van der Waals surface area (Å²) in [7, 11) is 1.25. The van der Waals surface area contributed by atoms with Gasteiger partial charge in [-0.2, -0.15) is 0 Å². The smallest absolute Gasteiger partial charge is 0.236 e. The summed E-state index contributed by atoms with van der Waals surface area (Å²) in [5.74, 6) is 1.79. The second-order valence-corrected chi connectivity index (χ2v) is 13.8. The number of nitrogens with zero attached hydrogens (tertiary/aromatic N) is 5. The number of anilines is 2. The van der Waals surface area contributed by atoms with Gasteiger partial charge in [-0.1, -0.05) is 23.7 Å². The van der Waals surface area contributed by atoms with E-state index in [1.54, 1.807) is 35.4 Å². The molecule has 0 spiro atoms. The Morgan fingerprint density at radius 3 is 2.45 bits per heavy atom. The van der Waals surface area contributed by atoms with E-state index in [1.165, 1.54) is 0 Å². The molecule has 0 N–H and O–H groups in total. The molecule has 9 nitrogen and oxygen atoms in total. The van der Waals surface area contributed by atoms with Crippen molar-refractivity contribution in [3.8, 4) is 11.5 Å². The molecular weight excluding hydrogens is 614 g/mol. The maximum absolute atomic E-state index is 14.0. The number of fused-ring (bicyclic) bond motifs is 1. The van der Waals surface area contributed by atoms with Crippen LogP contribution in [0.5, 0.6) is 11.5 Å². The third-order valence-corrected chi connectivity index (χ3v) is 10.0. The summed E-state index contributed by atoms with van der Waals surface area (Å²) in [5.41, 5.74) is 2.95. The van der Waals surface area contributed by atoms with Crippen LogP contribution in [0, 0.1) is 5.92 Å². The predicted molar refractivity (Wildman–Crippen MR) is 186 cm³/mol. The minimum Gasteiger partial charge on any atom is -0.493 e. The van der Waals surface area contributed by atoms with Gasteiger partial charge in [0.25, 0.3) is 0 Å². The molecule has 0 radical (unpaired) electrons. The van der Waals surface area contributed by atoms with Crippen molar-refractivity contribution >= 4 is 34.9 Å². The first-order valence-electron chi connectivity index (χ1n) is 18.0. The number of pyridine rings is 1. The minimum atomic E-state index is -2.68. The van der Waals surface area contributed by atoms with Crippen molar-refractivity contribution in [1.29, 1.82) is 0 Å². The van der Waals surface area contributed by atoms with E-state index in [-0.39, 0.29) is 30.1 Å². The van der Waals surface area contributed by atoms with Crippen LogP contribution in [0.25, 0.3) is 0 Å². The molecule has 2 aliphatic heterocycles. The van der Waals surface area contributed by atoms with E-state index >= 15 is 0 Å². The molecule has 3 aromatic rings. The number of carbonyl (C=O) groups excluding carboxylic acids is 2. The first-order valence-corrected chi connectivity index (χ1v) is 16.9. The van der Waals surface area contributed by atoms with Crippen LogP contribution in [0.1, 0.15) is 66.4 Å². The lowest BCUT2D eigenvalue weighted by atomic mass is 9.84. The summed E-state index contributed by atoms with van der Waals surface area (Å²) < 4.78 is 34.4. The Hall–Kier alpha value is -3.82. The van der Waals surface area contributed by atoms with Crippen LogP contribution in [0.2, 0.25) is 5.02 Å². The van der Waals surface area contributed by atoms with Crippen LogP contribution >= 0.6 is 11.6 Å². The number of likely N-dealkylation sites (N-methyl/N-ethyl adjacent to an activating group) is 1. The van der Waals surface area contributed by atoms with Gasteiger partial charge < -0.3 is 19.3 Å². The highest BCUT2D eigenvalue weighted by atomic mass is 35.5. The Morgan fingerprint density at radius 2 is 1.79 bits per heavy atom. The van der Waals surface area contributed by atoms with E-state index in [4.69, 9.17) is 30.2 Å². The average Bonchev–Trinajstić information content (AvgIpc) is 3.06. The molecule has 2 amide bonds. The number of carbonyl (C=O) groups is 2. The Bertz CT molecular complexity index is 1680. The quantitative estimate of drug-likeness (QED) is 0.279. The van der Waals surface area contributed by atoms with Gasteiger partial charge in [-0.25, -0.2) is 4.98 Å². The number of amides is 2. The van der Waals surface area contributed by atoms with Crippen LogP contribution in [-0.4, -0.2) is 86.1 Å². The van der Waals surface area contributed by atoms with Gasteiger partial charge in [0.05, 0.1) is 48.1 Å². The fourth-order valence-corrected chi connectivity index (χ4v) is 7.38. The molecule has 6 rings (SSSR count). The molecule has 47 heavy (non-hydrogen) atoms. The van der Waals surface area contributed by atoms with Gasteiger partial charge in [0.1, 0.15) is 5.82 Å².